The van der Waals surface area contributed by atoms with Crippen LogP contribution in [-0.2, 0) is 10.8 Å². The van der Waals surface area contributed by atoms with E-state index in [-0.39, 0.29) is 35.0 Å². The molecule has 3 aliphatic heterocycles. The van der Waals surface area contributed by atoms with Crippen molar-refractivity contribution in [3.8, 4) is 0 Å². The topological polar surface area (TPSA) is 21.6 Å². The van der Waals surface area contributed by atoms with E-state index < -0.39 is 0 Å². The van der Waals surface area contributed by atoms with Gasteiger partial charge in [0, 0.05) is 41.6 Å². The van der Waals surface area contributed by atoms with Crippen LogP contribution in [0, 0.1) is 6.92 Å². The number of aryl methyl sites for hydroxylation is 1. The van der Waals surface area contributed by atoms with Crippen LogP contribution >= 0.6 is 0 Å². The van der Waals surface area contributed by atoms with Crippen LogP contribution in [0.4, 0.5) is 0 Å². The Labute approximate surface area is 352 Å². The molecule has 4 nitrogen and oxygen atoms in total. The molecule has 0 amide bonds. The van der Waals surface area contributed by atoms with Crippen molar-refractivity contribution in [1.82, 2.24) is 4.90 Å². The van der Waals surface area contributed by atoms with E-state index in [0.29, 0.717) is 12.1 Å². The van der Waals surface area contributed by atoms with Gasteiger partial charge in [-0.25, -0.2) is 9.15 Å². The first-order valence-electron chi connectivity index (χ1n) is 23.0. The molecule has 2 fully saturated rings. The molecular weight excluding hydrogens is 717 g/mol. The number of aliphatic imine (C=N–C) groups is 1. The molecule has 6 aliphatic rings. The van der Waals surface area contributed by atoms with Crippen molar-refractivity contribution >= 4 is 45.4 Å². The van der Waals surface area contributed by atoms with Gasteiger partial charge in [-0.1, -0.05) is 156 Å². The number of hydrogen-bond acceptors (Lipinski definition) is 2. The van der Waals surface area contributed by atoms with Crippen LogP contribution in [0.3, 0.4) is 0 Å². The largest absolute Gasteiger partial charge is 0.330 e. The zero-order chi connectivity index (χ0) is 40.2. The Morgan fingerprint density at radius 3 is 2.24 bits per heavy atom. The predicted molar refractivity (Wildman–Crippen MR) is 247 cm³/mol. The van der Waals surface area contributed by atoms with E-state index in [2.05, 4.69) is 165 Å². The highest BCUT2D eigenvalue weighted by Crippen LogP contribution is 2.54. The van der Waals surface area contributed by atoms with Crippen molar-refractivity contribution in [3.63, 3.8) is 0 Å². The number of hydrogen-bond donors (Lipinski definition) is 0. The zero-order valence-electron chi connectivity index (χ0n) is 36.2. The zero-order valence-corrected chi connectivity index (χ0v) is 36.2. The molecule has 11 rings (SSSR count). The molecule has 5 aromatic rings. The third-order valence-corrected chi connectivity index (χ3v) is 15.5. The average Bonchev–Trinajstić information content (AvgIpc) is 3.35. The number of allylic oxidation sites excluding steroid dienone is 1. The third-order valence-electron chi connectivity index (χ3n) is 15.5. The molecule has 0 spiro atoms. The van der Waals surface area contributed by atoms with Gasteiger partial charge in [-0.05, 0) is 87.9 Å². The summed E-state index contributed by atoms with van der Waals surface area (Å²) in [5.74, 6) is 0.143. The lowest BCUT2D eigenvalue weighted by molar-refractivity contribution is -0.660. The van der Waals surface area contributed by atoms with E-state index in [1.165, 1.54) is 136 Å². The van der Waals surface area contributed by atoms with Gasteiger partial charge >= 0.3 is 0 Å². The van der Waals surface area contributed by atoms with E-state index in [4.69, 9.17) is 4.99 Å². The summed E-state index contributed by atoms with van der Waals surface area (Å²) >= 11 is 0. The molecule has 0 aromatic heterocycles. The van der Waals surface area contributed by atoms with Crippen molar-refractivity contribution in [3.05, 3.63) is 136 Å². The molecule has 5 aromatic carbocycles. The molecule has 0 N–H and O–H groups in total. The van der Waals surface area contributed by atoms with E-state index in [1.807, 2.05) is 0 Å². The third kappa shape index (κ3) is 5.93. The average molecular weight is 779 g/mol. The molecule has 0 radical (unpaired) electrons. The van der Waals surface area contributed by atoms with Gasteiger partial charge in [0.25, 0.3) is 6.34 Å². The van der Waals surface area contributed by atoms with Crippen molar-refractivity contribution in [2.24, 2.45) is 4.99 Å². The Hall–Kier alpha value is -4.83. The predicted octanol–water partition coefficient (Wildman–Crippen LogP) is 12.4. The summed E-state index contributed by atoms with van der Waals surface area (Å²) in [5.41, 5.74) is 12.7. The van der Waals surface area contributed by atoms with E-state index in [1.54, 1.807) is 0 Å². The molecule has 3 heterocycles. The van der Waals surface area contributed by atoms with E-state index in [0.717, 1.165) is 0 Å². The van der Waals surface area contributed by atoms with E-state index in [9.17, 15) is 0 Å². The summed E-state index contributed by atoms with van der Waals surface area (Å²) in [4.78, 5) is 8.64. The van der Waals surface area contributed by atoms with Gasteiger partial charge in [0.05, 0.1) is 11.5 Å². The maximum absolute atomic E-state index is 5.77. The van der Waals surface area contributed by atoms with Crippen molar-refractivity contribution in [1.29, 1.82) is 0 Å². The fourth-order valence-electron chi connectivity index (χ4n) is 12.4. The summed E-state index contributed by atoms with van der Waals surface area (Å²) in [5, 5.41) is 5.41. The smallest absolute Gasteiger partial charge is 0.282 e. The van der Waals surface area contributed by atoms with Gasteiger partial charge in [-0.2, -0.15) is 0 Å². The SMILES string of the molecule is Cc1ccc2cc3c(cc2c1)C(C)(C)C1N=C[N+]2=C(c4c(ccc5cc(C(C)(C)C)ccc45)C4C2N(C2CCCCC2)C=C(c2ccccc2)C=[N+]4C2CCCCC2)C31. The highest BCUT2D eigenvalue weighted by atomic mass is 15.4. The van der Waals surface area contributed by atoms with Gasteiger partial charge in [0.1, 0.15) is 5.71 Å². The fraction of sp³-hybridized carbons (Fsp3) is 0.436. The maximum Gasteiger partial charge on any atom is 0.282 e. The minimum absolute atomic E-state index is 0.0683. The molecule has 4 atom stereocenters. The first-order valence-corrected chi connectivity index (χ1v) is 23.0. The van der Waals surface area contributed by atoms with Gasteiger partial charge in [0.2, 0.25) is 12.2 Å². The first kappa shape index (κ1) is 37.2. The molecule has 0 saturated heterocycles. The molecule has 0 bridgehead atoms. The monoisotopic (exact) mass is 778 g/mol. The molecule has 300 valence electrons. The Morgan fingerprint density at radius 2 is 1.47 bits per heavy atom. The minimum Gasteiger partial charge on any atom is -0.330 e. The number of rotatable bonds is 3. The van der Waals surface area contributed by atoms with Gasteiger partial charge in [-0.15, -0.1) is 0 Å². The summed E-state index contributed by atoms with van der Waals surface area (Å²) < 4.78 is 5.64. The molecule has 4 unspecified atom stereocenters. The fourth-order valence-corrected chi connectivity index (χ4v) is 12.4. The molecular formula is C55H62N4+2. The Bertz CT molecular complexity index is 2620. The van der Waals surface area contributed by atoms with Crippen molar-refractivity contribution in [2.45, 2.75) is 153 Å². The standard InChI is InChI=1S/C55H62N4/c1-35-22-23-37-30-46-47(31-39(37)28-35)55(5,6)52-49(46)51-48-44-27-25-41(54(2,3)4)29-38(44)24-26-45(48)50-53(59(51)34-56-52)58(43-20-14-9-15-21-43)33-40(36-16-10-7-11-17-36)32-57(50)42-18-12-8-13-19-42/h7,10-11,16-17,22-34,42-43,49-50,52-53H,8-9,12-15,18-21H2,1-6H3/q+2. The normalized spacial score (nSPS) is 25.5. The van der Waals surface area contributed by atoms with Gasteiger partial charge in [0.15, 0.2) is 18.3 Å². The van der Waals surface area contributed by atoms with Crippen LogP contribution in [0.15, 0.2) is 102 Å². The number of nitrogens with zero attached hydrogens (tertiary/aromatic N) is 4. The minimum atomic E-state index is -0.122. The van der Waals surface area contributed by atoms with Crippen LogP contribution in [0.25, 0.3) is 27.1 Å². The van der Waals surface area contributed by atoms with E-state index >= 15 is 0 Å². The lowest BCUT2D eigenvalue weighted by atomic mass is 9.75. The molecule has 2 saturated carbocycles. The second kappa shape index (κ2) is 13.9. The lowest BCUT2D eigenvalue weighted by Gasteiger charge is -2.44. The lowest BCUT2D eigenvalue weighted by Crippen LogP contribution is -2.58. The summed E-state index contributed by atoms with van der Waals surface area (Å²) in [6, 6.07) is 37.0. The molecule has 59 heavy (non-hydrogen) atoms. The maximum atomic E-state index is 5.77. The summed E-state index contributed by atoms with van der Waals surface area (Å²) in [7, 11) is 0. The summed E-state index contributed by atoms with van der Waals surface area (Å²) in [6.07, 6.45) is 20.5. The molecule has 4 heteroatoms. The van der Waals surface area contributed by atoms with Gasteiger partial charge in [-0.3, -0.25) is 0 Å². The number of benzene rings is 5. The van der Waals surface area contributed by atoms with Crippen LogP contribution in [-0.4, -0.2) is 56.6 Å². The van der Waals surface area contributed by atoms with Crippen molar-refractivity contribution < 1.29 is 9.15 Å². The Kier molecular flexibility index (Phi) is 8.74. The summed E-state index contributed by atoms with van der Waals surface area (Å²) in [6.45, 7) is 14.2. The molecule has 3 aliphatic carbocycles. The quantitative estimate of drug-likeness (QED) is 0.167. The van der Waals surface area contributed by atoms with Crippen LogP contribution < -0.4 is 0 Å². The highest BCUT2D eigenvalue weighted by Gasteiger charge is 2.60. The van der Waals surface area contributed by atoms with Crippen LogP contribution in [0.1, 0.15) is 150 Å². The first-order chi connectivity index (χ1) is 28.6. The second-order valence-corrected chi connectivity index (χ2v) is 20.6. The van der Waals surface area contributed by atoms with Gasteiger partial charge < -0.3 is 4.90 Å². The second-order valence-electron chi connectivity index (χ2n) is 20.6. The van der Waals surface area contributed by atoms with Crippen LogP contribution in [0.5, 0.6) is 0 Å². The highest BCUT2D eigenvalue weighted by molar-refractivity contribution is 6.16. The Morgan fingerprint density at radius 1 is 0.729 bits per heavy atom. The van der Waals surface area contributed by atoms with Crippen LogP contribution in [0.2, 0.25) is 0 Å². The number of fused-ring (bicyclic) bond motifs is 12. The van der Waals surface area contributed by atoms with Crippen molar-refractivity contribution in [2.75, 3.05) is 0 Å². The Balaban J connectivity index is 1.23.